The summed E-state index contributed by atoms with van der Waals surface area (Å²) in [6.07, 6.45) is 0. The van der Waals surface area contributed by atoms with Gasteiger partial charge in [-0.1, -0.05) is 47.7 Å². The van der Waals surface area contributed by atoms with Crippen molar-refractivity contribution in [3.8, 4) is 5.75 Å². The molecule has 1 heterocycles. The molecule has 4 heteroatoms. The monoisotopic (exact) mass is 292 g/mol. The topological polar surface area (TPSA) is 73.0 Å². The van der Waals surface area contributed by atoms with Gasteiger partial charge in [-0.3, -0.25) is 9.59 Å². The standard InChI is InChI=1S/C18H15NO3/c1-10-7-8-12(11(2)9-10)16(20)15-17(21)13-5-3-4-6-14(13)18(22)19-15/h3-9,21H,1-2H3,(H,19,22)/p-1. The first kappa shape index (κ1) is 14.1. The summed E-state index contributed by atoms with van der Waals surface area (Å²) in [7, 11) is 0. The number of hydrogen-bond donors (Lipinski definition) is 1. The molecule has 0 radical (unpaired) electrons. The number of hydrogen-bond acceptors (Lipinski definition) is 3. The maximum absolute atomic E-state index is 12.6. The van der Waals surface area contributed by atoms with Gasteiger partial charge in [0.1, 0.15) is 0 Å². The van der Waals surface area contributed by atoms with Crippen LogP contribution in [0.1, 0.15) is 27.2 Å². The smallest absolute Gasteiger partial charge is 0.256 e. The van der Waals surface area contributed by atoms with Crippen molar-refractivity contribution in [3.63, 3.8) is 0 Å². The molecule has 0 aliphatic carbocycles. The van der Waals surface area contributed by atoms with Crippen LogP contribution >= 0.6 is 0 Å². The second-order valence-corrected chi connectivity index (χ2v) is 5.35. The summed E-state index contributed by atoms with van der Waals surface area (Å²) in [4.78, 5) is 27.1. The molecule has 1 N–H and O–H groups in total. The summed E-state index contributed by atoms with van der Waals surface area (Å²) in [5.74, 6) is -0.898. The maximum atomic E-state index is 12.6. The number of ketones is 1. The van der Waals surface area contributed by atoms with Gasteiger partial charge >= 0.3 is 0 Å². The minimum Gasteiger partial charge on any atom is -0.871 e. The van der Waals surface area contributed by atoms with Gasteiger partial charge in [0.05, 0.1) is 5.69 Å². The van der Waals surface area contributed by atoms with Crippen molar-refractivity contribution < 1.29 is 9.90 Å². The van der Waals surface area contributed by atoms with Crippen LogP contribution in [0.5, 0.6) is 5.75 Å². The number of aromatic nitrogens is 1. The Kier molecular flexibility index (Phi) is 3.29. The molecule has 1 aromatic heterocycles. The summed E-state index contributed by atoms with van der Waals surface area (Å²) < 4.78 is 0. The van der Waals surface area contributed by atoms with Gasteiger partial charge in [0.15, 0.2) is 0 Å². The van der Waals surface area contributed by atoms with Crippen molar-refractivity contribution in [2.45, 2.75) is 13.8 Å². The van der Waals surface area contributed by atoms with Crippen molar-refractivity contribution >= 4 is 16.6 Å². The Bertz CT molecular complexity index is 954. The van der Waals surface area contributed by atoms with E-state index in [1.54, 1.807) is 30.3 Å². The first-order valence-electron chi connectivity index (χ1n) is 6.93. The van der Waals surface area contributed by atoms with E-state index in [0.29, 0.717) is 10.9 Å². The van der Waals surface area contributed by atoms with E-state index in [0.717, 1.165) is 11.1 Å². The number of pyridine rings is 1. The quantitative estimate of drug-likeness (QED) is 0.737. The Hall–Kier alpha value is -2.88. The molecular formula is C18H14NO3-. The lowest BCUT2D eigenvalue weighted by atomic mass is 9.98. The van der Waals surface area contributed by atoms with Gasteiger partial charge in [-0.25, -0.2) is 0 Å². The number of carbonyl (C=O) groups is 1. The molecule has 0 aliphatic rings. The number of carbonyl (C=O) groups excluding carboxylic acids is 1. The lowest BCUT2D eigenvalue weighted by molar-refractivity contribution is -0.266. The van der Waals surface area contributed by atoms with E-state index < -0.39 is 17.1 Å². The number of aromatic amines is 1. The summed E-state index contributed by atoms with van der Waals surface area (Å²) in [6.45, 7) is 3.74. The molecule has 0 spiro atoms. The van der Waals surface area contributed by atoms with E-state index in [1.807, 2.05) is 26.0 Å². The highest BCUT2D eigenvalue weighted by Gasteiger charge is 2.15. The summed E-state index contributed by atoms with van der Waals surface area (Å²) in [5.41, 5.74) is 1.62. The molecule has 0 bridgehead atoms. The third kappa shape index (κ3) is 2.19. The Labute approximate surface area is 127 Å². The van der Waals surface area contributed by atoms with Crippen LogP contribution in [-0.4, -0.2) is 10.8 Å². The number of H-pyrrole nitrogens is 1. The Balaban J connectivity index is 2.24. The predicted molar refractivity (Wildman–Crippen MR) is 83.4 cm³/mol. The molecule has 0 aliphatic heterocycles. The van der Waals surface area contributed by atoms with Crippen LogP contribution in [0.3, 0.4) is 0 Å². The molecule has 0 saturated carbocycles. The molecule has 3 rings (SSSR count). The average Bonchev–Trinajstić information content (AvgIpc) is 2.50. The number of nitrogens with one attached hydrogen (secondary N) is 1. The van der Waals surface area contributed by atoms with E-state index in [1.165, 1.54) is 0 Å². The minimum atomic E-state index is -0.453. The molecule has 0 unspecified atom stereocenters. The summed E-state index contributed by atoms with van der Waals surface area (Å²) in [6, 6.07) is 11.9. The molecular weight excluding hydrogens is 278 g/mol. The van der Waals surface area contributed by atoms with Gasteiger partial charge in [-0.2, -0.15) is 0 Å². The Morgan fingerprint density at radius 3 is 2.41 bits per heavy atom. The zero-order valence-electron chi connectivity index (χ0n) is 12.3. The minimum absolute atomic E-state index is 0.185. The summed E-state index contributed by atoms with van der Waals surface area (Å²) in [5, 5.41) is 13.0. The van der Waals surface area contributed by atoms with Crippen LogP contribution in [0.25, 0.3) is 10.8 Å². The van der Waals surface area contributed by atoms with E-state index >= 15 is 0 Å². The van der Waals surface area contributed by atoms with Crippen LogP contribution in [0, 0.1) is 13.8 Å². The van der Waals surface area contributed by atoms with E-state index in [4.69, 9.17) is 0 Å². The van der Waals surface area contributed by atoms with Crippen LogP contribution in [0.2, 0.25) is 0 Å². The molecule has 110 valence electrons. The second-order valence-electron chi connectivity index (χ2n) is 5.35. The SMILES string of the molecule is Cc1ccc(C(=O)c2[nH]c(=O)c3ccccc3c2[O-])c(C)c1. The first-order valence-corrected chi connectivity index (χ1v) is 6.93. The van der Waals surface area contributed by atoms with Gasteiger partial charge in [0.25, 0.3) is 5.56 Å². The molecule has 0 amide bonds. The van der Waals surface area contributed by atoms with Crippen LogP contribution in [-0.2, 0) is 0 Å². The third-order valence-electron chi connectivity index (χ3n) is 3.74. The predicted octanol–water partition coefficient (Wildman–Crippen LogP) is 2.45. The number of fused-ring (bicyclic) bond motifs is 1. The summed E-state index contributed by atoms with van der Waals surface area (Å²) >= 11 is 0. The van der Waals surface area contributed by atoms with Gasteiger partial charge in [0, 0.05) is 10.9 Å². The Morgan fingerprint density at radius 2 is 1.73 bits per heavy atom. The van der Waals surface area contributed by atoms with Gasteiger partial charge in [-0.15, -0.1) is 0 Å². The maximum Gasteiger partial charge on any atom is 0.256 e. The molecule has 22 heavy (non-hydrogen) atoms. The molecule has 0 atom stereocenters. The van der Waals surface area contributed by atoms with Crippen molar-refractivity contribution in [2.24, 2.45) is 0 Å². The average molecular weight is 292 g/mol. The van der Waals surface area contributed by atoms with Gasteiger partial charge in [0.2, 0.25) is 5.78 Å². The van der Waals surface area contributed by atoms with Gasteiger partial charge < -0.3 is 10.1 Å². The van der Waals surface area contributed by atoms with Crippen molar-refractivity contribution in [1.29, 1.82) is 0 Å². The Morgan fingerprint density at radius 1 is 1.05 bits per heavy atom. The molecule has 0 saturated heterocycles. The van der Waals surface area contributed by atoms with E-state index in [9.17, 15) is 14.7 Å². The van der Waals surface area contributed by atoms with Crippen molar-refractivity contribution in [3.05, 3.63) is 75.2 Å². The van der Waals surface area contributed by atoms with Gasteiger partial charge in [-0.05, 0) is 30.9 Å². The zero-order valence-corrected chi connectivity index (χ0v) is 12.3. The van der Waals surface area contributed by atoms with Crippen molar-refractivity contribution in [1.82, 2.24) is 4.98 Å². The number of rotatable bonds is 2. The number of benzene rings is 2. The molecule has 2 aromatic carbocycles. The fourth-order valence-electron chi connectivity index (χ4n) is 2.61. The highest BCUT2D eigenvalue weighted by Crippen LogP contribution is 2.24. The molecule has 4 nitrogen and oxygen atoms in total. The first-order chi connectivity index (χ1) is 10.5. The van der Waals surface area contributed by atoms with Crippen LogP contribution in [0.4, 0.5) is 0 Å². The molecule has 0 fully saturated rings. The lowest BCUT2D eigenvalue weighted by Gasteiger charge is -2.16. The van der Waals surface area contributed by atoms with E-state index in [2.05, 4.69) is 4.98 Å². The zero-order chi connectivity index (χ0) is 15.9. The van der Waals surface area contributed by atoms with Crippen LogP contribution < -0.4 is 10.7 Å². The van der Waals surface area contributed by atoms with Crippen molar-refractivity contribution in [2.75, 3.05) is 0 Å². The third-order valence-corrected chi connectivity index (χ3v) is 3.74. The fraction of sp³-hybridized carbons (Fsp3) is 0.111. The highest BCUT2D eigenvalue weighted by atomic mass is 16.3. The largest absolute Gasteiger partial charge is 0.871 e. The molecule has 3 aromatic rings. The normalized spacial score (nSPS) is 10.8. The van der Waals surface area contributed by atoms with E-state index in [-0.39, 0.29) is 11.1 Å². The number of aryl methyl sites for hydroxylation is 2. The van der Waals surface area contributed by atoms with Crippen LogP contribution in [0.15, 0.2) is 47.3 Å². The second kappa shape index (κ2) is 5.15. The highest BCUT2D eigenvalue weighted by molar-refractivity contribution is 6.12. The fourth-order valence-corrected chi connectivity index (χ4v) is 2.61. The lowest BCUT2D eigenvalue weighted by Crippen LogP contribution is -2.18.